The molecule has 43 heavy (non-hydrogen) atoms. The van der Waals surface area contributed by atoms with Gasteiger partial charge in [0, 0.05) is 42.5 Å². The van der Waals surface area contributed by atoms with Crippen molar-refractivity contribution >= 4 is 17.5 Å². The molecule has 2 aromatic rings. The first-order chi connectivity index (χ1) is 20.5. The third-order valence-electron chi connectivity index (χ3n) is 8.65. The van der Waals surface area contributed by atoms with Crippen LogP contribution in [0.3, 0.4) is 0 Å². The molecule has 0 saturated carbocycles. The number of carbonyl (C=O) groups excluding carboxylic acids is 3. The number of fused-ring (bicyclic) bond motifs is 3. The Morgan fingerprint density at radius 2 is 1.86 bits per heavy atom. The molecule has 6 rings (SSSR count). The second kappa shape index (κ2) is 11.2. The summed E-state index contributed by atoms with van der Waals surface area (Å²) < 4.78 is 29.2. The summed E-state index contributed by atoms with van der Waals surface area (Å²) in [6, 6.07) is 4.46. The molecule has 2 heterocycles. The minimum atomic E-state index is -2.18. The van der Waals surface area contributed by atoms with Crippen LogP contribution in [0.5, 0.6) is 17.2 Å². The zero-order chi connectivity index (χ0) is 30.6. The molecule has 0 radical (unpaired) electrons. The summed E-state index contributed by atoms with van der Waals surface area (Å²) in [6.07, 6.45) is -3.01. The summed E-state index contributed by atoms with van der Waals surface area (Å²) in [5.74, 6) is -3.63. The summed E-state index contributed by atoms with van der Waals surface area (Å²) in [5.41, 5.74) is 2.33. The van der Waals surface area contributed by atoms with Gasteiger partial charge in [-0.25, -0.2) is 0 Å². The fraction of sp³-hybridized carbons (Fsp3) is 0.500. The van der Waals surface area contributed by atoms with E-state index in [1.54, 1.807) is 0 Å². The molecule has 2 saturated heterocycles. The van der Waals surface area contributed by atoms with Crippen LogP contribution in [0.25, 0.3) is 0 Å². The Bertz CT molecular complexity index is 1490. The van der Waals surface area contributed by atoms with Gasteiger partial charge in [-0.05, 0) is 19.4 Å². The van der Waals surface area contributed by atoms with Gasteiger partial charge in [-0.3, -0.25) is 19.7 Å². The molecule has 0 spiro atoms. The Hall–Kier alpha value is -3.59. The normalized spacial score (nSPS) is 30.3. The number of rotatable bonds is 6. The quantitative estimate of drug-likeness (QED) is 0.253. The highest BCUT2D eigenvalue weighted by molar-refractivity contribution is 6.31. The van der Waals surface area contributed by atoms with Crippen molar-refractivity contribution in [2.75, 3.05) is 26.9 Å². The Morgan fingerprint density at radius 3 is 2.53 bits per heavy atom. The molecule has 1 amide bonds. The molecule has 2 aliphatic heterocycles. The van der Waals surface area contributed by atoms with Gasteiger partial charge in [0.1, 0.15) is 29.1 Å². The number of hydrogen-bond acceptors (Lipinski definition) is 12. The lowest BCUT2D eigenvalue weighted by Crippen LogP contribution is -2.51. The molecule has 230 valence electrons. The number of aliphatic hydroxyl groups is 1. The second-order valence-electron chi connectivity index (χ2n) is 11.3. The standard InChI is InChI=1S/C30H34N2O11/c1-13-16(42-19-12-40-9-8-32-19)6-7-20(41-13)43-18-11-30(38,29(31)37)10-15-22(18)28(36)24-23(26(15)34)25(33)14-4-3-5-17(39-2)21(14)27(24)35/h3-5,13,16,18-20,32,34,36,38H,6-12H2,1-2H3,(H2,31,37)/t13-,16-,18-,19?,20?,30-/m0/s1. The van der Waals surface area contributed by atoms with E-state index >= 15 is 0 Å². The van der Waals surface area contributed by atoms with E-state index in [0.29, 0.717) is 32.6 Å². The predicted molar refractivity (Wildman–Crippen MR) is 147 cm³/mol. The highest BCUT2D eigenvalue weighted by Gasteiger charge is 2.49. The first-order valence-corrected chi connectivity index (χ1v) is 14.2. The molecular weight excluding hydrogens is 564 g/mol. The number of hydrogen-bond donors (Lipinski definition) is 5. The van der Waals surface area contributed by atoms with Crippen LogP contribution in [0.2, 0.25) is 0 Å². The van der Waals surface area contributed by atoms with Crippen LogP contribution in [0.1, 0.15) is 75.3 Å². The molecule has 2 aromatic carbocycles. The molecule has 13 nitrogen and oxygen atoms in total. The van der Waals surface area contributed by atoms with Crippen molar-refractivity contribution in [1.29, 1.82) is 0 Å². The largest absolute Gasteiger partial charge is 0.507 e. The van der Waals surface area contributed by atoms with Crippen LogP contribution in [-0.2, 0) is 30.2 Å². The summed E-state index contributed by atoms with van der Waals surface area (Å²) in [7, 11) is 1.35. The number of primary amides is 1. The number of carbonyl (C=O) groups is 3. The van der Waals surface area contributed by atoms with E-state index in [0.717, 1.165) is 0 Å². The summed E-state index contributed by atoms with van der Waals surface area (Å²) in [4.78, 5) is 39.7. The van der Waals surface area contributed by atoms with Crippen LogP contribution in [0.4, 0.5) is 0 Å². The lowest BCUT2D eigenvalue weighted by molar-refractivity contribution is -0.258. The van der Waals surface area contributed by atoms with Gasteiger partial charge >= 0.3 is 0 Å². The number of methoxy groups -OCH3 is 1. The van der Waals surface area contributed by atoms with Gasteiger partial charge in [-0.2, -0.15) is 0 Å². The van der Waals surface area contributed by atoms with Gasteiger partial charge in [0.05, 0.1) is 55.3 Å². The predicted octanol–water partition coefficient (Wildman–Crippen LogP) is 0.958. The Kier molecular flexibility index (Phi) is 7.65. The summed E-state index contributed by atoms with van der Waals surface area (Å²) in [6.45, 7) is 3.53. The molecule has 6 atom stereocenters. The van der Waals surface area contributed by atoms with Gasteiger partial charge in [0.15, 0.2) is 12.1 Å². The molecule has 2 unspecified atom stereocenters. The van der Waals surface area contributed by atoms with Crippen molar-refractivity contribution in [3.8, 4) is 17.2 Å². The fourth-order valence-corrected chi connectivity index (χ4v) is 6.45. The number of phenolic OH excluding ortho intramolecular Hbond substituents is 2. The Balaban J connectivity index is 1.35. The molecule has 6 N–H and O–H groups in total. The van der Waals surface area contributed by atoms with E-state index in [-0.39, 0.29) is 46.8 Å². The average molecular weight is 599 g/mol. The maximum absolute atomic E-state index is 13.7. The van der Waals surface area contributed by atoms with Gasteiger partial charge in [-0.1, -0.05) is 12.1 Å². The Labute approximate surface area is 246 Å². The van der Waals surface area contributed by atoms with Crippen molar-refractivity contribution < 1.29 is 53.4 Å². The topological polar surface area (TPSA) is 196 Å². The van der Waals surface area contributed by atoms with Gasteiger partial charge < -0.3 is 44.7 Å². The van der Waals surface area contributed by atoms with Crippen LogP contribution < -0.4 is 15.8 Å². The van der Waals surface area contributed by atoms with Crippen molar-refractivity contribution in [3.05, 3.63) is 51.6 Å². The minimum absolute atomic E-state index is 0.0170. The monoisotopic (exact) mass is 598 g/mol. The molecule has 0 aromatic heterocycles. The number of aromatic hydroxyl groups is 2. The zero-order valence-electron chi connectivity index (χ0n) is 23.8. The van der Waals surface area contributed by atoms with Gasteiger partial charge in [-0.15, -0.1) is 0 Å². The third kappa shape index (κ3) is 4.95. The first-order valence-electron chi connectivity index (χ1n) is 14.2. The molecule has 2 aliphatic carbocycles. The van der Waals surface area contributed by atoms with Crippen LogP contribution >= 0.6 is 0 Å². The average Bonchev–Trinajstić information content (AvgIpc) is 2.99. The first kappa shape index (κ1) is 29.5. The van der Waals surface area contributed by atoms with Gasteiger partial charge in [0.25, 0.3) is 0 Å². The molecular formula is C30H34N2O11. The SMILES string of the molecule is COc1cccc2c1C(=O)c1c(O)c3c(c(O)c1C2=O)C[C@@](O)(C(N)=O)C[C@@H]3OC1CC[C@H](OC2COCCN2)[C@H](C)O1. The summed E-state index contributed by atoms with van der Waals surface area (Å²) in [5, 5.41) is 37.5. The minimum Gasteiger partial charge on any atom is -0.507 e. The molecule has 13 heteroatoms. The molecule has 2 fully saturated rings. The van der Waals surface area contributed by atoms with Crippen LogP contribution in [-0.4, -0.2) is 90.0 Å². The van der Waals surface area contributed by atoms with E-state index in [2.05, 4.69) is 5.32 Å². The van der Waals surface area contributed by atoms with Crippen molar-refractivity contribution in [3.63, 3.8) is 0 Å². The van der Waals surface area contributed by atoms with Crippen molar-refractivity contribution in [1.82, 2.24) is 5.32 Å². The fourth-order valence-electron chi connectivity index (χ4n) is 6.45. The number of benzene rings is 2. The number of ether oxygens (including phenoxy) is 5. The lowest BCUT2D eigenvalue weighted by atomic mass is 9.72. The number of amides is 1. The molecule has 4 aliphatic rings. The number of ketones is 2. The number of phenols is 2. The number of nitrogens with two attached hydrogens (primary N) is 1. The highest BCUT2D eigenvalue weighted by Crippen LogP contribution is 2.52. The smallest absolute Gasteiger partial charge is 0.249 e. The lowest BCUT2D eigenvalue weighted by Gasteiger charge is -2.41. The summed E-state index contributed by atoms with van der Waals surface area (Å²) >= 11 is 0. The van der Waals surface area contributed by atoms with E-state index in [1.807, 2.05) is 6.92 Å². The highest BCUT2D eigenvalue weighted by atomic mass is 16.7. The molecule has 0 bridgehead atoms. The maximum atomic E-state index is 13.7. The number of nitrogens with one attached hydrogen (secondary N) is 1. The van der Waals surface area contributed by atoms with E-state index in [4.69, 9.17) is 29.4 Å². The second-order valence-corrected chi connectivity index (χ2v) is 11.3. The van der Waals surface area contributed by atoms with Gasteiger partial charge in [0.2, 0.25) is 11.7 Å². The van der Waals surface area contributed by atoms with Crippen molar-refractivity contribution in [2.45, 2.75) is 69.0 Å². The van der Waals surface area contributed by atoms with Crippen molar-refractivity contribution in [2.24, 2.45) is 5.73 Å². The zero-order valence-corrected chi connectivity index (χ0v) is 23.8. The third-order valence-corrected chi connectivity index (χ3v) is 8.65. The van der Waals surface area contributed by atoms with Crippen LogP contribution in [0.15, 0.2) is 18.2 Å². The number of morpholine rings is 1. The van der Waals surface area contributed by atoms with E-state index in [1.165, 1.54) is 25.3 Å². The Morgan fingerprint density at radius 1 is 1.09 bits per heavy atom. The maximum Gasteiger partial charge on any atom is 0.249 e. The van der Waals surface area contributed by atoms with E-state index < -0.39 is 70.6 Å². The van der Waals surface area contributed by atoms with E-state index in [9.17, 15) is 29.7 Å². The van der Waals surface area contributed by atoms with Crippen LogP contribution in [0, 0.1) is 0 Å².